The number of aryl methyl sites for hydroxylation is 1. The van der Waals surface area contributed by atoms with Crippen molar-refractivity contribution >= 4 is 5.91 Å². The highest BCUT2D eigenvalue weighted by atomic mass is 16.3. The van der Waals surface area contributed by atoms with Crippen LogP contribution in [0.2, 0.25) is 0 Å². The summed E-state index contributed by atoms with van der Waals surface area (Å²) in [5.74, 6) is -0.147. The van der Waals surface area contributed by atoms with Crippen LogP contribution in [-0.2, 0) is 18.6 Å². The minimum Gasteiger partial charge on any atom is -0.451 e. The number of amides is 1. The van der Waals surface area contributed by atoms with E-state index in [1.807, 2.05) is 73.9 Å². The molecule has 0 saturated carbocycles. The lowest BCUT2D eigenvalue weighted by Crippen LogP contribution is -2.40. The van der Waals surface area contributed by atoms with Gasteiger partial charge in [-0.1, -0.05) is 66.7 Å². The Bertz CT molecular complexity index is 1570. The van der Waals surface area contributed by atoms with E-state index in [1.54, 1.807) is 30.9 Å². The first kappa shape index (κ1) is 28.1. The Hall–Kier alpha value is -4.49. The van der Waals surface area contributed by atoms with Gasteiger partial charge in [-0.3, -0.25) is 4.79 Å². The number of nitrogens with one attached hydrogen (secondary N) is 1. The second-order valence-corrected chi connectivity index (χ2v) is 11.4. The van der Waals surface area contributed by atoms with Crippen LogP contribution in [0.15, 0.2) is 108 Å². The molecule has 0 spiro atoms. The zero-order valence-electron chi connectivity index (χ0n) is 23.7. The van der Waals surface area contributed by atoms with Crippen molar-refractivity contribution in [1.29, 1.82) is 0 Å². The molecule has 0 saturated heterocycles. The SMILES string of the molecule is CC(C)(C)NC(=O)c1ccc(C(O)(CCCc2ccccc2-c2cocn2)c2cncn2Cc2ccccc2)cc1. The zero-order chi connectivity index (χ0) is 28.9. The highest BCUT2D eigenvalue weighted by Crippen LogP contribution is 2.36. The third-order valence-corrected chi connectivity index (χ3v) is 7.16. The second-order valence-electron chi connectivity index (χ2n) is 11.4. The van der Waals surface area contributed by atoms with Gasteiger partial charge in [0.05, 0.1) is 18.2 Å². The maximum absolute atomic E-state index is 12.8. The third kappa shape index (κ3) is 6.64. The fourth-order valence-electron chi connectivity index (χ4n) is 5.17. The Morgan fingerprint density at radius 1 is 0.976 bits per heavy atom. The van der Waals surface area contributed by atoms with E-state index in [1.165, 1.54) is 6.39 Å². The van der Waals surface area contributed by atoms with Gasteiger partial charge < -0.3 is 19.4 Å². The van der Waals surface area contributed by atoms with Crippen LogP contribution in [0, 0.1) is 0 Å². The predicted octanol–water partition coefficient (Wildman–Crippen LogP) is 6.37. The van der Waals surface area contributed by atoms with Crippen LogP contribution < -0.4 is 5.32 Å². The minimum absolute atomic E-state index is 0.147. The Balaban J connectivity index is 1.45. The van der Waals surface area contributed by atoms with E-state index in [4.69, 9.17) is 4.42 Å². The first-order chi connectivity index (χ1) is 19.7. The number of hydrogen-bond acceptors (Lipinski definition) is 5. The van der Waals surface area contributed by atoms with Gasteiger partial charge in [0.15, 0.2) is 6.39 Å². The molecule has 2 N–H and O–H groups in total. The molecule has 7 nitrogen and oxygen atoms in total. The number of aromatic nitrogens is 3. The van der Waals surface area contributed by atoms with Crippen molar-refractivity contribution in [3.05, 3.63) is 132 Å². The number of hydrogen-bond donors (Lipinski definition) is 2. The van der Waals surface area contributed by atoms with Crippen molar-refractivity contribution in [3.63, 3.8) is 0 Å². The largest absolute Gasteiger partial charge is 0.451 e. The van der Waals surface area contributed by atoms with E-state index in [-0.39, 0.29) is 11.4 Å². The van der Waals surface area contributed by atoms with E-state index in [2.05, 4.69) is 33.5 Å². The molecule has 0 aliphatic rings. The number of nitrogens with zero attached hydrogens (tertiary/aromatic N) is 3. The van der Waals surface area contributed by atoms with Gasteiger partial charge in [0, 0.05) is 23.2 Å². The van der Waals surface area contributed by atoms with Crippen LogP contribution in [0.1, 0.15) is 66.4 Å². The summed E-state index contributed by atoms with van der Waals surface area (Å²) in [4.78, 5) is 21.5. The monoisotopic (exact) mass is 548 g/mol. The fraction of sp³-hybridized carbons (Fsp3) is 0.265. The van der Waals surface area contributed by atoms with Crippen molar-refractivity contribution in [2.45, 2.75) is 57.7 Å². The molecule has 0 radical (unpaired) electrons. The van der Waals surface area contributed by atoms with Crippen LogP contribution in [0.25, 0.3) is 11.3 Å². The zero-order valence-corrected chi connectivity index (χ0v) is 23.7. The summed E-state index contributed by atoms with van der Waals surface area (Å²) in [5.41, 5.74) is 4.36. The first-order valence-electron chi connectivity index (χ1n) is 13.9. The summed E-state index contributed by atoms with van der Waals surface area (Å²) < 4.78 is 7.21. The second kappa shape index (κ2) is 11.9. The van der Waals surface area contributed by atoms with Gasteiger partial charge in [-0.15, -0.1) is 0 Å². The first-order valence-corrected chi connectivity index (χ1v) is 13.9. The molecule has 7 heteroatoms. The highest BCUT2D eigenvalue weighted by molar-refractivity contribution is 5.94. The quantitative estimate of drug-likeness (QED) is 0.211. The van der Waals surface area contributed by atoms with E-state index >= 15 is 0 Å². The average Bonchev–Trinajstić information content (AvgIpc) is 3.66. The molecule has 1 atom stereocenters. The molecule has 0 aliphatic carbocycles. The maximum Gasteiger partial charge on any atom is 0.251 e. The Labute approximate surface area is 240 Å². The molecule has 41 heavy (non-hydrogen) atoms. The van der Waals surface area contributed by atoms with Crippen molar-refractivity contribution in [2.24, 2.45) is 0 Å². The lowest BCUT2D eigenvalue weighted by molar-refractivity contribution is 0.0606. The van der Waals surface area contributed by atoms with Gasteiger partial charge in [-0.25, -0.2) is 9.97 Å². The topological polar surface area (TPSA) is 93.2 Å². The minimum atomic E-state index is -1.33. The molecule has 1 amide bonds. The number of rotatable bonds is 10. The molecule has 0 fully saturated rings. The van der Waals surface area contributed by atoms with Gasteiger partial charge in [0.2, 0.25) is 0 Å². The van der Waals surface area contributed by atoms with E-state index < -0.39 is 5.60 Å². The summed E-state index contributed by atoms with van der Waals surface area (Å²) in [6.45, 7) is 6.44. The Morgan fingerprint density at radius 2 is 1.71 bits per heavy atom. The van der Waals surface area contributed by atoms with Crippen molar-refractivity contribution in [3.8, 4) is 11.3 Å². The smallest absolute Gasteiger partial charge is 0.251 e. The molecule has 3 aromatic carbocycles. The van der Waals surface area contributed by atoms with Crippen molar-refractivity contribution < 1.29 is 14.3 Å². The number of carbonyl (C=O) groups is 1. The number of oxazole rings is 1. The molecular formula is C34H36N4O3. The van der Waals surface area contributed by atoms with Crippen molar-refractivity contribution in [2.75, 3.05) is 0 Å². The molecule has 1 unspecified atom stereocenters. The summed E-state index contributed by atoms with van der Waals surface area (Å²) in [7, 11) is 0. The average molecular weight is 549 g/mol. The predicted molar refractivity (Wildman–Crippen MR) is 159 cm³/mol. The fourth-order valence-corrected chi connectivity index (χ4v) is 5.17. The van der Waals surface area contributed by atoms with Crippen LogP contribution >= 0.6 is 0 Å². The van der Waals surface area contributed by atoms with Crippen LogP contribution in [0.5, 0.6) is 0 Å². The van der Waals surface area contributed by atoms with E-state index in [9.17, 15) is 9.90 Å². The lowest BCUT2D eigenvalue weighted by atomic mass is 9.84. The molecular weight excluding hydrogens is 512 g/mol. The summed E-state index contributed by atoms with van der Waals surface area (Å²) in [6, 6.07) is 25.5. The normalized spacial score (nSPS) is 13.1. The standard InChI is InChI=1S/C34H36N4O3/c1-33(2,3)37-32(39)27-15-17-28(18-16-27)34(40,31-20-35-23-38(31)21-25-10-5-4-6-11-25)19-9-13-26-12-7-8-14-29(26)30-22-41-24-36-30/h4-8,10-12,14-18,20,22-24,40H,9,13,19,21H2,1-3H3,(H,37,39). The van der Waals surface area contributed by atoms with Gasteiger partial charge in [-0.2, -0.15) is 0 Å². The van der Waals surface area contributed by atoms with Crippen molar-refractivity contribution in [1.82, 2.24) is 19.9 Å². The third-order valence-electron chi connectivity index (χ3n) is 7.16. The molecule has 210 valence electrons. The summed E-state index contributed by atoms with van der Waals surface area (Å²) in [5, 5.41) is 15.5. The number of aliphatic hydroxyl groups is 1. The van der Waals surface area contributed by atoms with Gasteiger partial charge in [0.1, 0.15) is 17.6 Å². The summed E-state index contributed by atoms with van der Waals surface area (Å²) in [6.07, 6.45) is 8.48. The molecule has 2 heterocycles. The molecule has 5 aromatic rings. The molecule has 5 rings (SSSR count). The van der Waals surface area contributed by atoms with Crippen LogP contribution in [0.3, 0.4) is 0 Å². The number of imidazole rings is 1. The number of carbonyl (C=O) groups excluding carboxylic acids is 1. The molecule has 0 aliphatic heterocycles. The Morgan fingerprint density at radius 3 is 2.41 bits per heavy atom. The Kier molecular flexibility index (Phi) is 8.17. The highest BCUT2D eigenvalue weighted by Gasteiger charge is 2.35. The van der Waals surface area contributed by atoms with E-state index in [0.717, 1.165) is 28.8 Å². The van der Waals surface area contributed by atoms with Gasteiger partial charge >= 0.3 is 0 Å². The van der Waals surface area contributed by atoms with E-state index in [0.29, 0.717) is 36.2 Å². The maximum atomic E-state index is 12.8. The number of benzene rings is 3. The lowest BCUT2D eigenvalue weighted by Gasteiger charge is -2.30. The van der Waals surface area contributed by atoms with Gasteiger partial charge in [0.25, 0.3) is 5.91 Å². The van der Waals surface area contributed by atoms with Crippen LogP contribution in [0.4, 0.5) is 0 Å². The summed E-state index contributed by atoms with van der Waals surface area (Å²) >= 11 is 0. The molecule has 2 aromatic heterocycles. The van der Waals surface area contributed by atoms with Gasteiger partial charge in [-0.05, 0) is 68.9 Å². The molecule has 0 bridgehead atoms. The van der Waals surface area contributed by atoms with Crippen LogP contribution in [-0.4, -0.2) is 31.1 Å².